The van der Waals surface area contributed by atoms with Crippen molar-refractivity contribution in [1.82, 2.24) is 14.6 Å². The largest absolute Gasteiger partial charge is 0.379 e. The summed E-state index contributed by atoms with van der Waals surface area (Å²) in [5, 5.41) is 5.10. The van der Waals surface area contributed by atoms with Gasteiger partial charge in [0.1, 0.15) is 0 Å². The number of benzene rings is 1. The van der Waals surface area contributed by atoms with Gasteiger partial charge in [-0.3, -0.25) is 14.6 Å². The van der Waals surface area contributed by atoms with E-state index in [1.807, 2.05) is 0 Å². The van der Waals surface area contributed by atoms with Crippen LogP contribution in [-0.2, 0) is 19.6 Å². The minimum absolute atomic E-state index is 0.0758. The van der Waals surface area contributed by atoms with Crippen molar-refractivity contribution in [3.8, 4) is 0 Å². The van der Waals surface area contributed by atoms with E-state index in [4.69, 9.17) is 4.74 Å². The molecule has 0 bridgehead atoms. The second kappa shape index (κ2) is 9.12. The lowest BCUT2D eigenvalue weighted by Gasteiger charge is -2.26. The first kappa shape index (κ1) is 20.9. The zero-order valence-corrected chi connectivity index (χ0v) is 16.7. The summed E-state index contributed by atoms with van der Waals surface area (Å²) in [5.74, 6) is -0.954. The highest BCUT2D eigenvalue weighted by molar-refractivity contribution is 7.89. The van der Waals surface area contributed by atoms with Gasteiger partial charge in [0, 0.05) is 24.8 Å². The number of ether oxygens (including phenoxy) is 1. The van der Waals surface area contributed by atoms with E-state index < -0.39 is 21.8 Å². The Morgan fingerprint density at radius 2 is 1.97 bits per heavy atom. The molecule has 1 aliphatic rings. The van der Waals surface area contributed by atoms with Crippen LogP contribution < -0.4 is 10.6 Å². The normalized spacial score (nSPS) is 14.9. The molecule has 154 valence electrons. The van der Waals surface area contributed by atoms with Gasteiger partial charge >= 0.3 is 0 Å². The van der Waals surface area contributed by atoms with Crippen LogP contribution in [0.25, 0.3) is 0 Å². The van der Waals surface area contributed by atoms with Gasteiger partial charge in [-0.25, -0.2) is 8.42 Å². The van der Waals surface area contributed by atoms with E-state index in [0.717, 1.165) is 0 Å². The van der Waals surface area contributed by atoms with Gasteiger partial charge in [-0.15, -0.1) is 0 Å². The molecule has 2 heterocycles. The van der Waals surface area contributed by atoms with Crippen LogP contribution in [0.5, 0.6) is 0 Å². The van der Waals surface area contributed by atoms with E-state index in [0.29, 0.717) is 24.5 Å². The van der Waals surface area contributed by atoms with E-state index in [1.165, 1.54) is 22.6 Å². The molecule has 29 heavy (non-hydrogen) atoms. The summed E-state index contributed by atoms with van der Waals surface area (Å²) in [5.41, 5.74) is 1.22. The summed E-state index contributed by atoms with van der Waals surface area (Å²) in [4.78, 5) is 28.4. The van der Waals surface area contributed by atoms with Crippen molar-refractivity contribution < 1.29 is 22.7 Å². The summed E-state index contributed by atoms with van der Waals surface area (Å²) in [6.45, 7) is 2.64. The van der Waals surface area contributed by atoms with E-state index in [9.17, 15) is 18.0 Å². The van der Waals surface area contributed by atoms with Crippen LogP contribution in [0.15, 0.2) is 47.6 Å². The smallest absolute Gasteiger partial charge is 0.251 e. The molecular formula is C19H22N4O5S. The summed E-state index contributed by atoms with van der Waals surface area (Å²) in [6.07, 6.45) is 3.07. The Balaban J connectivity index is 1.68. The Morgan fingerprint density at radius 1 is 1.21 bits per heavy atom. The molecule has 1 aliphatic heterocycles. The van der Waals surface area contributed by atoms with Gasteiger partial charge in [0.05, 0.1) is 36.5 Å². The number of nitrogens with zero attached hydrogens (tertiary/aromatic N) is 2. The van der Waals surface area contributed by atoms with Gasteiger partial charge in [0.2, 0.25) is 15.9 Å². The number of aryl methyl sites for hydroxylation is 1. The Bertz CT molecular complexity index is 989. The lowest BCUT2D eigenvalue weighted by Crippen LogP contribution is -2.41. The number of carbonyl (C=O) groups is 2. The molecule has 0 unspecified atom stereocenters. The van der Waals surface area contributed by atoms with Crippen molar-refractivity contribution in [3.63, 3.8) is 0 Å². The molecule has 9 nitrogen and oxygen atoms in total. The first-order valence-corrected chi connectivity index (χ1v) is 10.5. The molecule has 0 aliphatic carbocycles. The maximum absolute atomic E-state index is 12.9. The van der Waals surface area contributed by atoms with E-state index in [1.54, 1.807) is 31.3 Å². The number of hydrogen-bond donors (Lipinski definition) is 2. The lowest BCUT2D eigenvalue weighted by atomic mass is 10.1. The topological polar surface area (TPSA) is 118 Å². The summed E-state index contributed by atoms with van der Waals surface area (Å²) in [7, 11) is -3.73. The van der Waals surface area contributed by atoms with Gasteiger partial charge in [0.15, 0.2) is 0 Å². The Kier molecular flexibility index (Phi) is 6.57. The van der Waals surface area contributed by atoms with Crippen molar-refractivity contribution in [2.45, 2.75) is 11.8 Å². The SMILES string of the molecule is Cc1ccc(C(=O)NCC(=O)Nc2cccnc2)cc1S(=O)(=O)N1CCOCC1. The Labute approximate surface area is 169 Å². The highest BCUT2D eigenvalue weighted by atomic mass is 32.2. The summed E-state index contributed by atoms with van der Waals surface area (Å²) >= 11 is 0. The molecule has 3 rings (SSSR count). The number of rotatable bonds is 6. The molecule has 0 atom stereocenters. The number of nitrogens with one attached hydrogen (secondary N) is 2. The molecule has 1 fully saturated rings. The molecular weight excluding hydrogens is 396 g/mol. The monoisotopic (exact) mass is 418 g/mol. The van der Waals surface area contributed by atoms with E-state index in [-0.39, 0.29) is 30.1 Å². The third-order valence-electron chi connectivity index (χ3n) is 4.39. The zero-order chi connectivity index (χ0) is 20.9. The van der Waals surface area contributed by atoms with Crippen LogP contribution in [0.3, 0.4) is 0 Å². The molecule has 2 aromatic rings. The van der Waals surface area contributed by atoms with Gasteiger partial charge in [-0.2, -0.15) is 4.31 Å². The second-order valence-corrected chi connectivity index (χ2v) is 8.38. The van der Waals surface area contributed by atoms with Gasteiger partial charge < -0.3 is 15.4 Å². The van der Waals surface area contributed by atoms with Crippen molar-refractivity contribution >= 4 is 27.5 Å². The fraction of sp³-hybridized carbons (Fsp3) is 0.316. The van der Waals surface area contributed by atoms with Crippen LogP contribution in [0, 0.1) is 6.92 Å². The van der Waals surface area contributed by atoms with Crippen LogP contribution in [0.2, 0.25) is 0 Å². The van der Waals surface area contributed by atoms with Crippen LogP contribution in [0.4, 0.5) is 5.69 Å². The predicted molar refractivity (Wildman–Crippen MR) is 106 cm³/mol. The summed E-state index contributed by atoms with van der Waals surface area (Å²) in [6, 6.07) is 7.81. The second-order valence-electron chi connectivity index (χ2n) is 6.47. The molecule has 0 radical (unpaired) electrons. The average molecular weight is 418 g/mol. The van der Waals surface area contributed by atoms with Gasteiger partial charge in [-0.1, -0.05) is 6.07 Å². The van der Waals surface area contributed by atoms with Crippen LogP contribution in [-0.4, -0.2) is 62.4 Å². The minimum atomic E-state index is -3.73. The Morgan fingerprint density at radius 3 is 2.66 bits per heavy atom. The first-order chi connectivity index (χ1) is 13.9. The number of aromatic nitrogens is 1. The highest BCUT2D eigenvalue weighted by Gasteiger charge is 2.28. The van der Waals surface area contributed by atoms with Crippen molar-refractivity contribution in [2.24, 2.45) is 0 Å². The molecule has 1 aromatic carbocycles. The molecule has 1 saturated heterocycles. The Hall–Kier alpha value is -2.82. The third kappa shape index (κ3) is 5.17. The number of sulfonamides is 1. The molecule has 2 amide bonds. The minimum Gasteiger partial charge on any atom is -0.379 e. The molecule has 0 saturated carbocycles. The molecule has 10 heteroatoms. The van der Waals surface area contributed by atoms with Crippen LogP contribution in [0.1, 0.15) is 15.9 Å². The van der Waals surface area contributed by atoms with Gasteiger partial charge in [0.25, 0.3) is 5.91 Å². The molecule has 1 aromatic heterocycles. The standard InChI is InChI=1S/C19H22N4O5S/c1-14-4-5-15(11-17(14)29(26,27)23-7-9-28-10-8-23)19(25)21-13-18(24)22-16-3-2-6-20-12-16/h2-6,11-12H,7-10,13H2,1H3,(H,21,25)(H,22,24). The maximum Gasteiger partial charge on any atom is 0.251 e. The zero-order valence-electron chi connectivity index (χ0n) is 15.9. The fourth-order valence-corrected chi connectivity index (χ4v) is 4.51. The molecule has 2 N–H and O–H groups in total. The number of anilines is 1. The number of amides is 2. The van der Waals surface area contributed by atoms with Crippen molar-refractivity contribution in [2.75, 3.05) is 38.2 Å². The lowest BCUT2D eigenvalue weighted by molar-refractivity contribution is -0.115. The third-order valence-corrected chi connectivity index (χ3v) is 6.43. The number of hydrogen-bond acceptors (Lipinski definition) is 6. The van der Waals surface area contributed by atoms with E-state index >= 15 is 0 Å². The number of morpholine rings is 1. The summed E-state index contributed by atoms with van der Waals surface area (Å²) < 4.78 is 32.4. The molecule has 0 spiro atoms. The highest BCUT2D eigenvalue weighted by Crippen LogP contribution is 2.22. The number of pyridine rings is 1. The van der Waals surface area contributed by atoms with E-state index in [2.05, 4.69) is 15.6 Å². The quantitative estimate of drug-likeness (QED) is 0.716. The first-order valence-electron chi connectivity index (χ1n) is 9.04. The van der Waals surface area contributed by atoms with Crippen molar-refractivity contribution in [1.29, 1.82) is 0 Å². The fourth-order valence-electron chi connectivity index (χ4n) is 2.85. The predicted octanol–water partition coefficient (Wildman–Crippen LogP) is 0.779. The van der Waals surface area contributed by atoms with Gasteiger partial charge in [-0.05, 0) is 36.8 Å². The average Bonchev–Trinajstić information content (AvgIpc) is 2.73. The van der Waals surface area contributed by atoms with Crippen LogP contribution >= 0.6 is 0 Å². The maximum atomic E-state index is 12.9. The number of carbonyl (C=O) groups excluding carboxylic acids is 2. The van der Waals surface area contributed by atoms with Crippen molar-refractivity contribution in [3.05, 3.63) is 53.9 Å².